The van der Waals surface area contributed by atoms with Gasteiger partial charge in [-0.2, -0.15) is 0 Å². The van der Waals surface area contributed by atoms with Crippen LogP contribution in [0.1, 0.15) is 51.9 Å². The van der Waals surface area contributed by atoms with Crippen LogP contribution < -0.4 is 0 Å². The molecule has 1 heteroatoms. The molecule has 2 atom stereocenters. The van der Waals surface area contributed by atoms with Crippen LogP contribution in [0.2, 0.25) is 0 Å². The predicted octanol–water partition coefficient (Wildman–Crippen LogP) is 3.94. The summed E-state index contributed by atoms with van der Waals surface area (Å²) in [6.07, 6.45) is 11.5. The van der Waals surface area contributed by atoms with Crippen LogP contribution in [0, 0.1) is 17.2 Å². The second-order valence-electron chi connectivity index (χ2n) is 4.82. The molecular formula is C13H21N. The first-order chi connectivity index (χ1) is 6.81. The lowest BCUT2D eigenvalue weighted by Gasteiger charge is -2.13. The van der Waals surface area contributed by atoms with Gasteiger partial charge < -0.3 is 5.41 Å². The zero-order valence-corrected chi connectivity index (χ0v) is 9.18. The molecule has 0 heterocycles. The van der Waals surface area contributed by atoms with Gasteiger partial charge in [-0.1, -0.05) is 37.8 Å². The Morgan fingerprint density at radius 1 is 1.36 bits per heavy atom. The van der Waals surface area contributed by atoms with E-state index in [1.165, 1.54) is 38.5 Å². The predicted molar refractivity (Wildman–Crippen MR) is 60.8 cm³/mol. The van der Waals surface area contributed by atoms with Crippen LogP contribution in [0.3, 0.4) is 0 Å². The van der Waals surface area contributed by atoms with Crippen molar-refractivity contribution in [2.24, 2.45) is 11.8 Å². The molecule has 1 N–H and O–H groups in total. The fourth-order valence-electron chi connectivity index (χ4n) is 2.84. The number of hydrogen-bond donors (Lipinski definition) is 1. The van der Waals surface area contributed by atoms with Crippen LogP contribution in [-0.4, -0.2) is 5.71 Å². The summed E-state index contributed by atoms with van der Waals surface area (Å²) in [5.41, 5.74) is 2.68. The van der Waals surface area contributed by atoms with Crippen molar-refractivity contribution in [2.75, 3.05) is 0 Å². The average molecular weight is 191 g/mol. The first-order valence-electron chi connectivity index (χ1n) is 6.09. The van der Waals surface area contributed by atoms with Crippen LogP contribution in [-0.2, 0) is 0 Å². The Bertz CT molecular complexity index is 252. The average Bonchev–Trinajstić information content (AvgIpc) is 2.71. The van der Waals surface area contributed by atoms with Crippen LogP contribution in [0.15, 0.2) is 11.6 Å². The van der Waals surface area contributed by atoms with E-state index in [4.69, 9.17) is 5.41 Å². The first kappa shape index (κ1) is 9.95. The molecule has 14 heavy (non-hydrogen) atoms. The number of unbranched alkanes of at least 4 members (excludes halogenated alkanes) is 3. The lowest BCUT2D eigenvalue weighted by Crippen LogP contribution is -2.06. The molecule has 78 valence electrons. The van der Waals surface area contributed by atoms with Gasteiger partial charge in [-0.15, -0.1) is 0 Å². The van der Waals surface area contributed by atoms with E-state index in [0.717, 1.165) is 18.1 Å². The molecule has 2 aliphatic carbocycles. The van der Waals surface area contributed by atoms with Gasteiger partial charge in [0.05, 0.1) is 0 Å². The van der Waals surface area contributed by atoms with Crippen LogP contribution in [0.4, 0.5) is 0 Å². The van der Waals surface area contributed by atoms with Crippen molar-refractivity contribution in [3.05, 3.63) is 11.6 Å². The Kier molecular flexibility index (Phi) is 3.05. The fraction of sp³-hybridized carbons (Fsp3) is 0.769. The Labute approximate surface area is 87.1 Å². The van der Waals surface area contributed by atoms with Gasteiger partial charge in [-0.3, -0.25) is 0 Å². The Morgan fingerprint density at radius 2 is 2.21 bits per heavy atom. The summed E-state index contributed by atoms with van der Waals surface area (Å²) in [6.45, 7) is 2.26. The van der Waals surface area contributed by atoms with Crippen molar-refractivity contribution in [2.45, 2.75) is 51.9 Å². The molecule has 0 spiro atoms. The lowest BCUT2D eigenvalue weighted by molar-refractivity contribution is 0.599. The van der Waals surface area contributed by atoms with Crippen LogP contribution in [0.5, 0.6) is 0 Å². The van der Waals surface area contributed by atoms with Gasteiger partial charge in [-0.25, -0.2) is 0 Å². The lowest BCUT2D eigenvalue weighted by atomic mass is 9.93. The third-order valence-electron chi connectivity index (χ3n) is 3.71. The molecular weight excluding hydrogens is 170 g/mol. The summed E-state index contributed by atoms with van der Waals surface area (Å²) in [5, 5.41) is 7.72. The molecule has 2 bridgehead atoms. The second-order valence-corrected chi connectivity index (χ2v) is 4.82. The number of rotatable bonds is 5. The summed E-state index contributed by atoms with van der Waals surface area (Å²) in [6, 6.07) is 0. The maximum atomic E-state index is 7.72. The van der Waals surface area contributed by atoms with E-state index < -0.39 is 0 Å². The minimum absolute atomic E-state index is 0.543. The smallest absolute Gasteiger partial charge is 0.0164 e. The zero-order valence-electron chi connectivity index (χ0n) is 9.18. The standard InChI is InChI=1S/C13H21N/c1-2-3-4-5-6-10-7-12-8-11(10)9-13(12)14/h7,11-12,14H,2-6,8-9H2,1H3. The molecule has 0 saturated heterocycles. The summed E-state index contributed by atoms with van der Waals surface area (Å²) >= 11 is 0. The van der Waals surface area contributed by atoms with Crippen molar-refractivity contribution in [1.82, 2.24) is 0 Å². The third kappa shape index (κ3) is 1.92. The molecule has 0 amide bonds. The Hall–Kier alpha value is -0.590. The van der Waals surface area contributed by atoms with E-state index in [9.17, 15) is 0 Å². The van der Waals surface area contributed by atoms with Gasteiger partial charge in [0, 0.05) is 11.6 Å². The second kappa shape index (κ2) is 4.29. The van der Waals surface area contributed by atoms with E-state index >= 15 is 0 Å². The minimum atomic E-state index is 0.543. The van der Waals surface area contributed by atoms with Crippen molar-refractivity contribution >= 4 is 5.71 Å². The minimum Gasteiger partial charge on any atom is -0.309 e. The fourth-order valence-corrected chi connectivity index (χ4v) is 2.84. The maximum absolute atomic E-state index is 7.72. The molecule has 0 aromatic carbocycles. The zero-order chi connectivity index (χ0) is 9.97. The van der Waals surface area contributed by atoms with Crippen LogP contribution >= 0.6 is 0 Å². The topological polar surface area (TPSA) is 23.9 Å². The SMILES string of the molecule is CCCCCCC1=CC2CC1CC2=N. The number of nitrogens with one attached hydrogen (secondary N) is 1. The summed E-state index contributed by atoms with van der Waals surface area (Å²) in [4.78, 5) is 0. The Morgan fingerprint density at radius 3 is 2.79 bits per heavy atom. The molecule has 1 nitrogen and oxygen atoms in total. The van der Waals surface area contributed by atoms with E-state index in [2.05, 4.69) is 13.0 Å². The molecule has 1 saturated carbocycles. The third-order valence-corrected chi connectivity index (χ3v) is 3.71. The molecule has 2 aliphatic rings. The van der Waals surface area contributed by atoms with Crippen molar-refractivity contribution in [1.29, 1.82) is 5.41 Å². The van der Waals surface area contributed by atoms with E-state index in [1.54, 1.807) is 5.57 Å². The van der Waals surface area contributed by atoms with Gasteiger partial charge in [0.1, 0.15) is 0 Å². The summed E-state index contributed by atoms with van der Waals surface area (Å²) < 4.78 is 0. The largest absolute Gasteiger partial charge is 0.309 e. The Balaban J connectivity index is 1.75. The molecule has 2 rings (SSSR count). The van der Waals surface area contributed by atoms with Gasteiger partial charge in [0.2, 0.25) is 0 Å². The molecule has 0 aliphatic heterocycles. The highest BCUT2D eigenvalue weighted by Gasteiger charge is 2.35. The van der Waals surface area contributed by atoms with E-state index in [0.29, 0.717) is 5.92 Å². The number of hydrogen-bond acceptors (Lipinski definition) is 1. The normalized spacial score (nSPS) is 29.8. The van der Waals surface area contributed by atoms with Crippen molar-refractivity contribution in [3.8, 4) is 0 Å². The van der Waals surface area contributed by atoms with Crippen molar-refractivity contribution < 1.29 is 0 Å². The number of fused-ring (bicyclic) bond motifs is 2. The van der Waals surface area contributed by atoms with Gasteiger partial charge >= 0.3 is 0 Å². The maximum Gasteiger partial charge on any atom is 0.0164 e. The highest BCUT2D eigenvalue weighted by Crippen LogP contribution is 2.43. The molecule has 1 fully saturated rings. The molecule has 0 radical (unpaired) electrons. The van der Waals surface area contributed by atoms with Gasteiger partial charge in [0.15, 0.2) is 0 Å². The molecule has 2 unspecified atom stereocenters. The van der Waals surface area contributed by atoms with Crippen LogP contribution in [0.25, 0.3) is 0 Å². The monoisotopic (exact) mass is 191 g/mol. The highest BCUT2D eigenvalue weighted by molar-refractivity contribution is 5.89. The number of allylic oxidation sites excluding steroid dienone is 2. The molecule has 0 aromatic heterocycles. The molecule has 0 aromatic rings. The highest BCUT2D eigenvalue weighted by atomic mass is 14.5. The van der Waals surface area contributed by atoms with E-state index in [-0.39, 0.29) is 0 Å². The first-order valence-corrected chi connectivity index (χ1v) is 6.09. The van der Waals surface area contributed by atoms with Crippen molar-refractivity contribution in [3.63, 3.8) is 0 Å². The van der Waals surface area contributed by atoms with Gasteiger partial charge in [0.25, 0.3) is 0 Å². The summed E-state index contributed by atoms with van der Waals surface area (Å²) in [7, 11) is 0. The summed E-state index contributed by atoms with van der Waals surface area (Å²) in [5.74, 6) is 1.32. The quantitative estimate of drug-likeness (QED) is 0.502. The van der Waals surface area contributed by atoms with E-state index in [1.807, 2.05) is 0 Å². The van der Waals surface area contributed by atoms with Gasteiger partial charge in [-0.05, 0) is 31.6 Å².